The van der Waals surface area contributed by atoms with Crippen molar-refractivity contribution in [1.82, 2.24) is 4.98 Å². The third-order valence-electron chi connectivity index (χ3n) is 2.95. The number of hydrogen-bond donors (Lipinski definition) is 2. The Hall–Kier alpha value is -0.810. The van der Waals surface area contributed by atoms with Crippen LogP contribution in [0.25, 0.3) is 0 Å². The molecule has 3 nitrogen and oxygen atoms in total. The lowest BCUT2D eigenvalue weighted by atomic mass is 10.1. The molecule has 0 spiro atoms. The van der Waals surface area contributed by atoms with Crippen molar-refractivity contribution >= 4 is 34.8 Å². The maximum absolute atomic E-state index is 5.56. The van der Waals surface area contributed by atoms with Crippen LogP contribution in [0.2, 0.25) is 0 Å². The number of aromatic nitrogens is 1. The van der Waals surface area contributed by atoms with Crippen molar-refractivity contribution in [3.63, 3.8) is 0 Å². The predicted molar refractivity (Wildman–Crippen MR) is 78.7 cm³/mol. The molecule has 1 aliphatic rings. The summed E-state index contributed by atoms with van der Waals surface area (Å²) in [6, 6.07) is 5.71. The quantitative estimate of drug-likeness (QED) is 0.821. The number of nitrogens with two attached hydrogens (primary N) is 1. The molecule has 0 amide bonds. The largest absolute Gasteiger partial charge is 0.388 e. The Balaban J connectivity index is 1.99. The molecule has 1 saturated heterocycles. The second kappa shape index (κ2) is 5.23. The molecule has 1 aromatic heterocycles. The second-order valence-corrected chi connectivity index (χ2v) is 6.65. The van der Waals surface area contributed by atoms with Crippen LogP contribution in [0.4, 0.5) is 5.82 Å². The first kappa shape index (κ1) is 12.6. The maximum atomic E-state index is 5.56. The van der Waals surface area contributed by atoms with E-state index in [-0.39, 0.29) is 0 Å². The predicted octanol–water partition coefficient (Wildman–Crippen LogP) is 2.41. The van der Waals surface area contributed by atoms with E-state index in [1.807, 2.05) is 30.0 Å². The van der Waals surface area contributed by atoms with Gasteiger partial charge in [0.25, 0.3) is 0 Å². The van der Waals surface area contributed by atoms with Gasteiger partial charge < -0.3 is 11.1 Å². The van der Waals surface area contributed by atoms with Gasteiger partial charge in [0.2, 0.25) is 0 Å². The summed E-state index contributed by atoms with van der Waals surface area (Å²) in [6.07, 6.45) is 2.57. The van der Waals surface area contributed by atoms with E-state index in [0.29, 0.717) is 15.4 Å². The molecule has 0 saturated carbocycles. The fourth-order valence-electron chi connectivity index (χ4n) is 1.92. The molecule has 5 heteroatoms. The minimum atomic E-state index is 0.334. The summed E-state index contributed by atoms with van der Waals surface area (Å²) in [7, 11) is 0. The van der Waals surface area contributed by atoms with E-state index in [4.69, 9.17) is 18.0 Å². The molecule has 92 valence electrons. The van der Waals surface area contributed by atoms with Crippen LogP contribution in [0.3, 0.4) is 0 Å². The van der Waals surface area contributed by atoms with Crippen molar-refractivity contribution in [2.24, 2.45) is 5.73 Å². The van der Waals surface area contributed by atoms with Gasteiger partial charge in [0.1, 0.15) is 10.8 Å². The molecular formula is C12H17N3S2. The van der Waals surface area contributed by atoms with E-state index in [0.717, 1.165) is 12.4 Å². The van der Waals surface area contributed by atoms with Gasteiger partial charge in [-0.05, 0) is 37.7 Å². The van der Waals surface area contributed by atoms with Crippen molar-refractivity contribution in [3.05, 3.63) is 23.9 Å². The third kappa shape index (κ3) is 3.33. The van der Waals surface area contributed by atoms with E-state index >= 15 is 0 Å². The first-order valence-electron chi connectivity index (χ1n) is 5.74. The second-order valence-electron chi connectivity index (χ2n) is 4.53. The number of thioether (sulfide) groups is 1. The fourth-order valence-corrected chi connectivity index (χ4v) is 3.28. The highest BCUT2D eigenvalue weighted by Crippen LogP contribution is 2.37. The van der Waals surface area contributed by atoms with Crippen molar-refractivity contribution in [3.8, 4) is 0 Å². The van der Waals surface area contributed by atoms with Gasteiger partial charge in [0, 0.05) is 11.3 Å². The van der Waals surface area contributed by atoms with E-state index in [1.54, 1.807) is 0 Å². The topological polar surface area (TPSA) is 50.9 Å². The summed E-state index contributed by atoms with van der Waals surface area (Å²) >= 11 is 6.95. The number of rotatable bonds is 4. The zero-order chi connectivity index (χ0) is 12.3. The Morgan fingerprint density at radius 3 is 3.12 bits per heavy atom. The molecule has 3 N–H and O–H groups in total. The molecule has 2 heterocycles. The summed E-state index contributed by atoms with van der Waals surface area (Å²) in [4.78, 5) is 4.72. The molecule has 1 atom stereocenters. The Morgan fingerprint density at radius 1 is 1.65 bits per heavy atom. The lowest BCUT2D eigenvalue weighted by Crippen LogP contribution is -2.27. The van der Waals surface area contributed by atoms with E-state index < -0.39 is 0 Å². The third-order valence-corrected chi connectivity index (χ3v) is 4.69. The van der Waals surface area contributed by atoms with E-state index in [2.05, 4.69) is 17.2 Å². The van der Waals surface area contributed by atoms with Gasteiger partial charge in [-0.3, -0.25) is 0 Å². The molecule has 0 radical (unpaired) electrons. The minimum absolute atomic E-state index is 0.334. The van der Waals surface area contributed by atoms with Crippen LogP contribution in [0.15, 0.2) is 18.2 Å². The van der Waals surface area contributed by atoms with Crippen molar-refractivity contribution in [2.45, 2.75) is 24.5 Å². The molecule has 0 aromatic carbocycles. The Kier molecular flexibility index (Phi) is 3.89. The van der Waals surface area contributed by atoms with Crippen LogP contribution >= 0.6 is 24.0 Å². The number of anilines is 1. The van der Waals surface area contributed by atoms with Gasteiger partial charge in [-0.25, -0.2) is 4.98 Å². The Labute approximate surface area is 112 Å². The normalized spacial score (nSPS) is 23.6. The minimum Gasteiger partial charge on any atom is -0.388 e. The lowest BCUT2D eigenvalue weighted by Gasteiger charge is -2.23. The Morgan fingerprint density at radius 2 is 2.47 bits per heavy atom. The summed E-state index contributed by atoms with van der Waals surface area (Å²) in [5.41, 5.74) is 6.24. The number of hydrogen-bond acceptors (Lipinski definition) is 4. The average molecular weight is 267 g/mol. The molecule has 1 unspecified atom stereocenters. The molecule has 0 aliphatic carbocycles. The summed E-state index contributed by atoms with van der Waals surface area (Å²) in [6.45, 7) is 3.24. The monoisotopic (exact) mass is 267 g/mol. The smallest absolute Gasteiger partial charge is 0.126 e. The summed E-state index contributed by atoms with van der Waals surface area (Å²) in [5.74, 6) is 2.11. The first-order chi connectivity index (χ1) is 8.09. The molecule has 1 aliphatic heterocycles. The lowest BCUT2D eigenvalue weighted by molar-refractivity contribution is 0.634. The molecular weight excluding hydrogens is 250 g/mol. The average Bonchev–Trinajstić information content (AvgIpc) is 2.75. The van der Waals surface area contributed by atoms with E-state index in [1.165, 1.54) is 18.6 Å². The maximum Gasteiger partial charge on any atom is 0.126 e. The van der Waals surface area contributed by atoms with Crippen LogP contribution in [-0.4, -0.2) is 27.0 Å². The molecule has 0 bridgehead atoms. The van der Waals surface area contributed by atoms with Crippen LogP contribution in [0, 0.1) is 0 Å². The van der Waals surface area contributed by atoms with Gasteiger partial charge in [0.05, 0.1) is 5.69 Å². The number of pyridine rings is 1. The van der Waals surface area contributed by atoms with Gasteiger partial charge in [-0.1, -0.05) is 18.3 Å². The van der Waals surface area contributed by atoms with Crippen molar-refractivity contribution < 1.29 is 0 Å². The van der Waals surface area contributed by atoms with Crippen molar-refractivity contribution in [1.29, 1.82) is 0 Å². The highest BCUT2D eigenvalue weighted by molar-refractivity contribution is 8.00. The van der Waals surface area contributed by atoms with Gasteiger partial charge in [0.15, 0.2) is 0 Å². The highest BCUT2D eigenvalue weighted by atomic mass is 32.2. The Bertz CT molecular complexity index is 414. The molecule has 17 heavy (non-hydrogen) atoms. The molecule has 1 fully saturated rings. The van der Waals surface area contributed by atoms with Gasteiger partial charge in [-0.15, -0.1) is 0 Å². The standard InChI is InChI=1S/C12H17N3S2/c1-12(6-3-7-17-12)8-14-10-5-2-4-9(15-10)11(13)16/h2,4-5H,3,6-8H2,1H3,(H2,13,16)(H,14,15). The van der Waals surface area contributed by atoms with Crippen molar-refractivity contribution in [2.75, 3.05) is 17.6 Å². The first-order valence-corrected chi connectivity index (χ1v) is 7.13. The number of nitrogens with zero attached hydrogens (tertiary/aromatic N) is 1. The number of nitrogens with one attached hydrogen (secondary N) is 1. The highest BCUT2D eigenvalue weighted by Gasteiger charge is 2.29. The van der Waals surface area contributed by atoms with E-state index in [9.17, 15) is 0 Å². The summed E-state index contributed by atoms with van der Waals surface area (Å²) in [5, 5.41) is 3.38. The van der Waals surface area contributed by atoms with Crippen LogP contribution in [-0.2, 0) is 0 Å². The number of thiocarbonyl (C=S) groups is 1. The zero-order valence-electron chi connectivity index (χ0n) is 9.90. The zero-order valence-corrected chi connectivity index (χ0v) is 11.5. The fraction of sp³-hybridized carbons (Fsp3) is 0.500. The summed E-state index contributed by atoms with van der Waals surface area (Å²) < 4.78 is 0.334. The van der Waals surface area contributed by atoms with Gasteiger partial charge >= 0.3 is 0 Å². The van der Waals surface area contributed by atoms with Gasteiger partial charge in [-0.2, -0.15) is 11.8 Å². The molecule has 1 aromatic rings. The van der Waals surface area contributed by atoms with Crippen LogP contribution < -0.4 is 11.1 Å². The molecule has 2 rings (SSSR count). The SMILES string of the molecule is CC1(CNc2cccc(C(N)=S)n2)CCCS1. The van der Waals surface area contributed by atoms with Crippen LogP contribution in [0.5, 0.6) is 0 Å². The van der Waals surface area contributed by atoms with Crippen LogP contribution in [0.1, 0.15) is 25.5 Å².